The Hall–Kier alpha value is -0.790. The van der Waals surface area contributed by atoms with Gasteiger partial charge in [-0.2, -0.15) is 0 Å². The zero-order valence-corrected chi connectivity index (χ0v) is 8.81. The van der Waals surface area contributed by atoms with Crippen LogP contribution in [0.5, 0.6) is 0 Å². The van der Waals surface area contributed by atoms with Gasteiger partial charge in [-0.05, 0) is 10.9 Å². The molecule has 3 rings (SSSR count). The van der Waals surface area contributed by atoms with Gasteiger partial charge >= 0.3 is 0 Å². The number of pyridine rings is 1. The molecular formula is C11H7Cl2N. The maximum absolute atomic E-state index is 6.13. The van der Waals surface area contributed by atoms with Crippen molar-refractivity contribution in [3.63, 3.8) is 0 Å². The van der Waals surface area contributed by atoms with Gasteiger partial charge in [0.05, 0.1) is 5.38 Å². The summed E-state index contributed by atoms with van der Waals surface area (Å²) in [4.78, 5) is 4.32. The molecule has 0 bridgehead atoms. The number of alkyl halides is 1. The summed E-state index contributed by atoms with van der Waals surface area (Å²) in [6.45, 7) is 0. The van der Waals surface area contributed by atoms with Crippen molar-refractivity contribution in [1.82, 2.24) is 4.98 Å². The van der Waals surface area contributed by atoms with E-state index >= 15 is 0 Å². The second kappa shape index (κ2) is 2.85. The van der Waals surface area contributed by atoms with Gasteiger partial charge in [0, 0.05) is 17.5 Å². The molecule has 3 heteroatoms. The van der Waals surface area contributed by atoms with Crippen LogP contribution < -0.4 is 0 Å². The smallest absolute Gasteiger partial charge is 0.137 e. The van der Waals surface area contributed by atoms with Crippen molar-refractivity contribution >= 4 is 34.0 Å². The van der Waals surface area contributed by atoms with Gasteiger partial charge in [0.25, 0.3) is 0 Å². The average Bonchev–Trinajstić information content (AvgIpc) is 2.16. The Morgan fingerprint density at radius 3 is 2.64 bits per heavy atom. The fraction of sp³-hybridized carbons (Fsp3) is 0.182. The topological polar surface area (TPSA) is 12.9 Å². The molecule has 0 amide bonds. The van der Waals surface area contributed by atoms with Crippen molar-refractivity contribution in [1.29, 1.82) is 0 Å². The van der Waals surface area contributed by atoms with Crippen molar-refractivity contribution in [2.45, 2.75) is 11.8 Å². The summed E-state index contributed by atoms with van der Waals surface area (Å²) in [5, 5.41) is 2.84. The summed E-state index contributed by atoms with van der Waals surface area (Å²) < 4.78 is 0. The average molecular weight is 224 g/mol. The molecule has 2 aromatic rings. The normalized spacial score (nSPS) is 19.1. The first kappa shape index (κ1) is 8.51. The zero-order valence-electron chi connectivity index (χ0n) is 7.30. The third-order valence-electron chi connectivity index (χ3n) is 2.67. The lowest BCUT2D eigenvalue weighted by Gasteiger charge is -2.25. The molecule has 0 N–H and O–H groups in total. The number of hydrogen-bond donors (Lipinski definition) is 0. The third-order valence-corrected chi connectivity index (χ3v) is 3.33. The highest BCUT2D eigenvalue weighted by Crippen LogP contribution is 2.43. The van der Waals surface area contributed by atoms with E-state index < -0.39 is 0 Å². The van der Waals surface area contributed by atoms with Crippen LogP contribution in [0.2, 0.25) is 5.15 Å². The van der Waals surface area contributed by atoms with Gasteiger partial charge < -0.3 is 0 Å². The predicted octanol–water partition coefficient (Wildman–Crippen LogP) is 3.72. The summed E-state index contributed by atoms with van der Waals surface area (Å²) in [7, 11) is 0. The van der Waals surface area contributed by atoms with Crippen LogP contribution in [0.25, 0.3) is 10.8 Å². The molecule has 1 aliphatic carbocycles. The first-order valence-electron chi connectivity index (χ1n) is 4.48. The SMILES string of the molecule is Clc1nc2c(c3ccccc13)[C@@H](Cl)C2. The summed E-state index contributed by atoms with van der Waals surface area (Å²) in [5.74, 6) is 0. The highest BCUT2D eigenvalue weighted by Gasteiger charge is 2.28. The second-order valence-corrected chi connectivity index (χ2v) is 4.37. The Bertz CT molecular complexity index is 522. The number of hydrogen-bond acceptors (Lipinski definition) is 1. The van der Waals surface area contributed by atoms with Crippen LogP contribution in [-0.2, 0) is 6.42 Å². The molecule has 0 fully saturated rings. The highest BCUT2D eigenvalue weighted by atomic mass is 35.5. The lowest BCUT2D eigenvalue weighted by atomic mass is 9.89. The van der Waals surface area contributed by atoms with Crippen LogP contribution in [-0.4, -0.2) is 4.98 Å². The van der Waals surface area contributed by atoms with Gasteiger partial charge in [-0.15, -0.1) is 11.6 Å². The fourth-order valence-corrected chi connectivity index (χ4v) is 2.59. The lowest BCUT2D eigenvalue weighted by Crippen LogP contribution is -2.15. The van der Waals surface area contributed by atoms with Gasteiger partial charge in [-0.25, -0.2) is 4.98 Å². The largest absolute Gasteiger partial charge is 0.240 e. The number of benzene rings is 1. The van der Waals surface area contributed by atoms with E-state index in [9.17, 15) is 0 Å². The molecule has 1 aromatic carbocycles. The van der Waals surface area contributed by atoms with E-state index in [1.807, 2.05) is 18.2 Å². The Morgan fingerprint density at radius 1 is 1.21 bits per heavy atom. The highest BCUT2D eigenvalue weighted by molar-refractivity contribution is 6.35. The van der Waals surface area contributed by atoms with Crippen molar-refractivity contribution in [3.05, 3.63) is 40.7 Å². The second-order valence-electron chi connectivity index (χ2n) is 3.48. The molecule has 1 aromatic heterocycles. The van der Waals surface area contributed by atoms with Crippen molar-refractivity contribution in [2.24, 2.45) is 0 Å². The van der Waals surface area contributed by atoms with Crippen LogP contribution in [0, 0.1) is 0 Å². The van der Waals surface area contributed by atoms with E-state index in [1.54, 1.807) is 0 Å². The summed E-state index contributed by atoms with van der Waals surface area (Å²) in [6.07, 6.45) is 0.835. The van der Waals surface area contributed by atoms with Crippen LogP contribution in [0.15, 0.2) is 24.3 Å². The maximum Gasteiger partial charge on any atom is 0.137 e. The van der Waals surface area contributed by atoms with Gasteiger partial charge in [0.1, 0.15) is 5.15 Å². The number of rotatable bonds is 0. The molecule has 1 nitrogen and oxygen atoms in total. The quantitative estimate of drug-likeness (QED) is 0.490. The molecule has 0 radical (unpaired) electrons. The minimum Gasteiger partial charge on any atom is -0.240 e. The molecule has 0 saturated heterocycles. The van der Waals surface area contributed by atoms with Crippen LogP contribution >= 0.6 is 23.2 Å². The molecule has 14 heavy (non-hydrogen) atoms. The molecule has 1 aliphatic rings. The molecule has 0 spiro atoms. The van der Waals surface area contributed by atoms with E-state index in [-0.39, 0.29) is 5.38 Å². The molecule has 0 saturated carbocycles. The Balaban J connectivity index is 2.47. The first-order valence-corrected chi connectivity index (χ1v) is 5.30. The maximum atomic E-state index is 6.13. The molecule has 0 unspecified atom stereocenters. The minimum atomic E-state index is 0.111. The summed E-state index contributed by atoms with van der Waals surface area (Å²) in [6, 6.07) is 7.99. The third kappa shape index (κ3) is 0.999. The number of nitrogens with zero attached hydrogens (tertiary/aromatic N) is 1. The van der Waals surface area contributed by atoms with E-state index in [0.29, 0.717) is 5.15 Å². The molecule has 0 aliphatic heterocycles. The van der Waals surface area contributed by atoms with Gasteiger partial charge in [-0.1, -0.05) is 35.9 Å². The van der Waals surface area contributed by atoms with Gasteiger partial charge in [0.2, 0.25) is 0 Å². The Morgan fingerprint density at radius 2 is 1.93 bits per heavy atom. The van der Waals surface area contributed by atoms with E-state index in [2.05, 4.69) is 11.1 Å². The summed E-state index contributed by atoms with van der Waals surface area (Å²) in [5.41, 5.74) is 2.21. The predicted molar refractivity (Wildman–Crippen MR) is 59.1 cm³/mol. The van der Waals surface area contributed by atoms with E-state index in [0.717, 1.165) is 28.5 Å². The van der Waals surface area contributed by atoms with Crippen molar-refractivity contribution in [3.8, 4) is 0 Å². The van der Waals surface area contributed by atoms with Crippen molar-refractivity contribution in [2.75, 3.05) is 0 Å². The Kier molecular flexibility index (Phi) is 1.73. The van der Waals surface area contributed by atoms with Gasteiger partial charge in [-0.3, -0.25) is 0 Å². The first-order chi connectivity index (χ1) is 6.77. The fourth-order valence-electron chi connectivity index (χ4n) is 1.94. The van der Waals surface area contributed by atoms with Crippen LogP contribution in [0.4, 0.5) is 0 Å². The minimum absolute atomic E-state index is 0.111. The monoisotopic (exact) mass is 223 g/mol. The number of aromatic nitrogens is 1. The number of fused-ring (bicyclic) bond motifs is 3. The molecule has 1 heterocycles. The Labute approximate surface area is 91.7 Å². The van der Waals surface area contributed by atoms with Crippen LogP contribution in [0.1, 0.15) is 16.6 Å². The van der Waals surface area contributed by atoms with Crippen molar-refractivity contribution < 1.29 is 0 Å². The number of halogens is 2. The van der Waals surface area contributed by atoms with E-state index in [4.69, 9.17) is 23.2 Å². The van der Waals surface area contributed by atoms with Crippen LogP contribution in [0.3, 0.4) is 0 Å². The molecular weight excluding hydrogens is 217 g/mol. The van der Waals surface area contributed by atoms with Gasteiger partial charge in [0.15, 0.2) is 0 Å². The molecule has 1 atom stereocenters. The molecule has 70 valence electrons. The standard InChI is InChI=1S/C11H7Cl2N/c12-8-5-9-10(8)6-3-1-2-4-7(6)11(13)14-9/h1-4,8H,5H2/t8-/m0/s1. The zero-order chi connectivity index (χ0) is 9.71. The lowest BCUT2D eigenvalue weighted by molar-refractivity contribution is 0.771. The summed E-state index contributed by atoms with van der Waals surface area (Å²) >= 11 is 12.2. The van der Waals surface area contributed by atoms with E-state index in [1.165, 1.54) is 0 Å².